The molecule has 0 radical (unpaired) electrons. The van der Waals surface area contributed by atoms with E-state index in [4.69, 9.17) is 16.3 Å². The van der Waals surface area contributed by atoms with Crippen molar-refractivity contribution in [2.75, 3.05) is 0 Å². The van der Waals surface area contributed by atoms with E-state index in [0.29, 0.717) is 27.8 Å². The highest BCUT2D eigenvalue weighted by molar-refractivity contribution is 6.33. The Kier molecular flexibility index (Phi) is 2.56. The average molecular weight is 262 g/mol. The Hall–Kier alpha value is -1.87. The molecule has 0 saturated carbocycles. The Morgan fingerprint density at radius 3 is 2.83 bits per heavy atom. The minimum atomic E-state index is -0.355. The minimum Gasteiger partial charge on any atom is -0.454 e. The van der Waals surface area contributed by atoms with Gasteiger partial charge in [-0.05, 0) is 36.8 Å². The van der Waals surface area contributed by atoms with Crippen LogP contribution >= 0.6 is 11.6 Å². The molecule has 0 saturated heterocycles. The van der Waals surface area contributed by atoms with E-state index in [-0.39, 0.29) is 5.82 Å². The predicted molar refractivity (Wildman–Crippen MR) is 69.9 cm³/mol. The molecule has 1 heterocycles. The van der Waals surface area contributed by atoms with Crippen molar-refractivity contribution in [2.45, 2.75) is 6.92 Å². The highest BCUT2D eigenvalue weighted by Crippen LogP contribution is 2.38. The molecule has 0 atom stereocenters. The van der Waals surface area contributed by atoms with Crippen molar-refractivity contribution in [3.8, 4) is 11.5 Å². The molecule has 3 rings (SSSR count). The Morgan fingerprint density at radius 1 is 1.17 bits per heavy atom. The molecule has 1 aliphatic heterocycles. The summed E-state index contributed by atoms with van der Waals surface area (Å²) >= 11 is 6.15. The van der Waals surface area contributed by atoms with Gasteiger partial charge in [0.05, 0.1) is 10.6 Å². The summed E-state index contributed by atoms with van der Waals surface area (Å²) in [7, 11) is 0. The van der Waals surface area contributed by atoms with Crippen molar-refractivity contribution in [3.05, 3.63) is 52.3 Å². The van der Waals surface area contributed by atoms with E-state index in [1.807, 2.05) is 19.1 Å². The molecule has 1 aliphatic rings. The first-order chi connectivity index (χ1) is 8.63. The summed E-state index contributed by atoms with van der Waals surface area (Å²) < 4.78 is 18.9. The molecule has 0 N–H and O–H groups in total. The van der Waals surface area contributed by atoms with Crippen LogP contribution in [0.4, 0.5) is 10.1 Å². The van der Waals surface area contributed by atoms with Crippen LogP contribution in [0.3, 0.4) is 0 Å². The van der Waals surface area contributed by atoms with Gasteiger partial charge in [0.2, 0.25) is 0 Å². The quantitative estimate of drug-likeness (QED) is 0.577. The van der Waals surface area contributed by atoms with Crippen LogP contribution in [0.25, 0.3) is 0 Å². The number of fused-ring (bicyclic) bond motifs is 2. The zero-order valence-corrected chi connectivity index (χ0v) is 10.3. The van der Waals surface area contributed by atoms with Gasteiger partial charge in [-0.3, -0.25) is 4.99 Å². The van der Waals surface area contributed by atoms with Gasteiger partial charge in [0.15, 0.2) is 5.75 Å². The smallest absolute Gasteiger partial charge is 0.155 e. The van der Waals surface area contributed by atoms with Gasteiger partial charge in [0, 0.05) is 12.3 Å². The highest BCUT2D eigenvalue weighted by Gasteiger charge is 2.15. The lowest BCUT2D eigenvalue weighted by Gasteiger charge is -2.09. The number of hydrogen-bond acceptors (Lipinski definition) is 2. The second-order valence-corrected chi connectivity index (χ2v) is 4.54. The molecule has 18 heavy (non-hydrogen) atoms. The molecule has 0 aromatic heterocycles. The van der Waals surface area contributed by atoms with Crippen LogP contribution in [-0.4, -0.2) is 6.21 Å². The first-order valence-corrected chi connectivity index (χ1v) is 5.83. The first-order valence-electron chi connectivity index (χ1n) is 5.45. The topological polar surface area (TPSA) is 21.6 Å². The van der Waals surface area contributed by atoms with E-state index in [1.165, 1.54) is 12.1 Å². The zero-order chi connectivity index (χ0) is 12.7. The van der Waals surface area contributed by atoms with Gasteiger partial charge in [-0.25, -0.2) is 4.39 Å². The van der Waals surface area contributed by atoms with Crippen LogP contribution in [0.15, 0.2) is 35.3 Å². The second kappa shape index (κ2) is 4.10. The maximum atomic E-state index is 13.2. The van der Waals surface area contributed by atoms with Crippen LogP contribution < -0.4 is 4.74 Å². The lowest BCUT2D eigenvalue weighted by atomic mass is 10.1. The standard InChI is InChI=1S/C14H9ClFNO/c1-8-4-11(15)10-7-17-12-3-2-9(16)6-14(12)18-13(10)5-8/h2-7H,1H3. The molecule has 0 amide bonds. The highest BCUT2D eigenvalue weighted by atomic mass is 35.5. The largest absolute Gasteiger partial charge is 0.454 e. The van der Waals surface area contributed by atoms with Crippen molar-refractivity contribution in [1.29, 1.82) is 0 Å². The number of hydrogen-bond donors (Lipinski definition) is 0. The van der Waals surface area contributed by atoms with Crippen LogP contribution in [0.2, 0.25) is 5.02 Å². The predicted octanol–water partition coefficient (Wildman–Crippen LogP) is 4.64. The number of rotatable bonds is 0. The van der Waals surface area contributed by atoms with E-state index < -0.39 is 0 Å². The van der Waals surface area contributed by atoms with Gasteiger partial charge in [-0.2, -0.15) is 0 Å². The van der Waals surface area contributed by atoms with Crippen LogP contribution in [-0.2, 0) is 0 Å². The third-order valence-electron chi connectivity index (χ3n) is 2.71. The molecular formula is C14H9ClFNO. The summed E-state index contributed by atoms with van der Waals surface area (Å²) in [5.41, 5.74) is 2.27. The maximum Gasteiger partial charge on any atom is 0.155 e. The lowest BCUT2D eigenvalue weighted by Crippen LogP contribution is -1.91. The number of aryl methyl sites for hydroxylation is 1. The summed E-state index contributed by atoms with van der Waals surface area (Å²) in [6.07, 6.45) is 1.64. The van der Waals surface area contributed by atoms with Gasteiger partial charge < -0.3 is 4.74 Å². The second-order valence-electron chi connectivity index (χ2n) is 4.13. The summed E-state index contributed by atoms with van der Waals surface area (Å²) in [5.74, 6) is 0.630. The Labute approximate surface area is 109 Å². The van der Waals surface area contributed by atoms with E-state index >= 15 is 0 Å². The number of ether oxygens (including phenoxy) is 1. The summed E-state index contributed by atoms with van der Waals surface area (Å²) in [6.45, 7) is 1.92. The Balaban J connectivity index is 2.20. The first kappa shape index (κ1) is 11.2. The van der Waals surface area contributed by atoms with Crippen molar-refractivity contribution >= 4 is 23.5 Å². The molecule has 0 aliphatic carbocycles. The molecule has 0 fully saturated rings. The van der Waals surface area contributed by atoms with Crippen molar-refractivity contribution in [3.63, 3.8) is 0 Å². The molecular weight excluding hydrogens is 253 g/mol. The monoisotopic (exact) mass is 261 g/mol. The van der Waals surface area contributed by atoms with Crippen LogP contribution in [0.5, 0.6) is 11.5 Å². The Morgan fingerprint density at radius 2 is 2.00 bits per heavy atom. The maximum absolute atomic E-state index is 13.2. The SMILES string of the molecule is Cc1cc(Cl)c2c(c1)Oc1cc(F)ccc1N=C2. The van der Waals surface area contributed by atoms with E-state index in [2.05, 4.69) is 4.99 Å². The van der Waals surface area contributed by atoms with Gasteiger partial charge >= 0.3 is 0 Å². The molecule has 2 nitrogen and oxygen atoms in total. The average Bonchev–Trinajstić information content (AvgIpc) is 2.47. The van der Waals surface area contributed by atoms with E-state index in [9.17, 15) is 4.39 Å². The van der Waals surface area contributed by atoms with E-state index in [1.54, 1.807) is 12.3 Å². The summed E-state index contributed by atoms with van der Waals surface area (Å²) in [4.78, 5) is 4.26. The van der Waals surface area contributed by atoms with Crippen molar-refractivity contribution < 1.29 is 9.13 Å². The van der Waals surface area contributed by atoms with Crippen molar-refractivity contribution in [2.24, 2.45) is 4.99 Å². The normalized spacial score (nSPS) is 12.4. The molecule has 0 bridgehead atoms. The number of aliphatic imine (C=N–C) groups is 1. The number of nitrogens with zero attached hydrogens (tertiary/aromatic N) is 1. The van der Waals surface area contributed by atoms with Crippen molar-refractivity contribution in [1.82, 2.24) is 0 Å². The summed E-state index contributed by atoms with van der Waals surface area (Å²) in [5, 5.41) is 0.571. The molecule has 0 spiro atoms. The van der Waals surface area contributed by atoms with Gasteiger partial charge in [-0.15, -0.1) is 0 Å². The van der Waals surface area contributed by atoms with Gasteiger partial charge in [0.1, 0.15) is 17.3 Å². The van der Waals surface area contributed by atoms with E-state index in [0.717, 1.165) is 5.56 Å². The third kappa shape index (κ3) is 1.87. The fourth-order valence-corrected chi connectivity index (χ4v) is 2.17. The molecule has 90 valence electrons. The Bertz CT molecular complexity index is 667. The molecule has 2 aromatic carbocycles. The van der Waals surface area contributed by atoms with Crippen LogP contribution in [0, 0.1) is 12.7 Å². The molecule has 4 heteroatoms. The van der Waals surface area contributed by atoms with Crippen LogP contribution in [0.1, 0.15) is 11.1 Å². The minimum absolute atomic E-state index is 0.355. The van der Waals surface area contributed by atoms with Gasteiger partial charge in [0.25, 0.3) is 0 Å². The number of benzene rings is 2. The fourth-order valence-electron chi connectivity index (χ4n) is 1.86. The molecule has 2 aromatic rings. The van der Waals surface area contributed by atoms with Gasteiger partial charge in [-0.1, -0.05) is 11.6 Å². The number of halogens is 2. The molecule has 0 unspecified atom stereocenters. The lowest BCUT2D eigenvalue weighted by molar-refractivity contribution is 0.478. The fraction of sp³-hybridized carbons (Fsp3) is 0.0714. The summed E-state index contributed by atoms with van der Waals surface area (Å²) in [6, 6.07) is 7.94. The zero-order valence-electron chi connectivity index (χ0n) is 9.58. The third-order valence-corrected chi connectivity index (χ3v) is 3.02.